The van der Waals surface area contributed by atoms with Crippen molar-refractivity contribution in [3.8, 4) is 6.07 Å². The van der Waals surface area contributed by atoms with Crippen molar-refractivity contribution in [1.82, 2.24) is 0 Å². The summed E-state index contributed by atoms with van der Waals surface area (Å²) in [5.74, 6) is -0.993. The summed E-state index contributed by atoms with van der Waals surface area (Å²) in [7, 11) is 0. The summed E-state index contributed by atoms with van der Waals surface area (Å²) in [6.45, 7) is 5.54. The van der Waals surface area contributed by atoms with E-state index in [2.05, 4.69) is 5.32 Å². The minimum atomic E-state index is -0.661. The third-order valence-corrected chi connectivity index (χ3v) is 2.87. The fraction of sp³-hybridized carbons (Fsp3) is 0.385. The number of anilines is 1. The molecular formula is C13H15ClN2O. The Morgan fingerprint density at radius 2 is 2.12 bits per heavy atom. The van der Waals surface area contributed by atoms with Crippen LogP contribution in [0.15, 0.2) is 18.2 Å². The van der Waals surface area contributed by atoms with Gasteiger partial charge in [0.1, 0.15) is 5.92 Å². The fourth-order valence-corrected chi connectivity index (χ4v) is 1.77. The van der Waals surface area contributed by atoms with Gasteiger partial charge in [0.05, 0.1) is 16.8 Å². The van der Waals surface area contributed by atoms with Gasteiger partial charge >= 0.3 is 0 Å². The Morgan fingerprint density at radius 1 is 1.47 bits per heavy atom. The number of nitrogens with zero attached hydrogens (tertiary/aromatic N) is 1. The monoisotopic (exact) mass is 250 g/mol. The number of benzene rings is 1. The standard InChI is InChI=1S/C13H15ClN2O/c1-8(2)10(7-15)13(17)16-12-9(3)5-4-6-11(12)14/h4-6,8,10H,1-3H3,(H,16,17). The quantitative estimate of drug-likeness (QED) is 0.894. The molecule has 0 radical (unpaired) electrons. The minimum Gasteiger partial charge on any atom is -0.323 e. The Bertz CT molecular complexity index is 443. The number of carbonyl (C=O) groups is 1. The van der Waals surface area contributed by atoms with Gasteiger partial charge in [-0.25, -0.2) is 0 Å². The van der Waals surface area contributed by atoms with Crippen molar-refractivity contribution < 1.29 is 4.79 Å². The van der Waals surface area contributed by atoms with Gasteiger partial charge in [0, 0.05) is 0 Å². The highest BCUT2D eigenvalue weighted by atomic mass is 35.5. The van der Waals surface area contributed by atoms with Crippen molar-refractivity contribution in [2.24, 2.45) is 11.8 Å². The molecule has 1 atom stereocenters. The summed E-state index contributed by atoms with van der Waals surface area (Å²) in [6.07, 6.45) is 0. The molecule has 0 spiro atoms. The number of carbonyl (C=O) groups excluding carboxylic acids is 1. The number of aryl methyl sites for hydroxylation is 1. The second kappa shape index (κ2) is 5.70. The summed E-state index contributed by atoms with van der Waals surface area (Å²) < 4.78 is 0. The lowest BCUT2D eigenvalue weighted by atomic mass is 9.96. The first-order chi connectivity index (χ1) is 7.97. The number of rotatable bonds is 3. The van der Waals surface area contributed by atoms with E-state index >= 15 is 0 Å². The van der Waals surface area contributed by atoms with Gasteiger partial charge in [-0.2, -0.15) is 5.26 Å². The molecule has 0 heterocycles. The molecule has 1 amide bonds. The maximum absolute atomic E-state index is 11.9. The van der Waals surface area contributed by atoms with E-state index in [1.54, 1.807) is 6.07 Å². The number of hydrogen-bond donors (Lipinski definition) is 1. The third kappa shape index (κ3) is 3.21. The van der Waals surface area contributed by atoms with E-state index in [1.165, 1.54) is 0 Å². The van der Waals surface area contributed by atoms with Crippen molar-refractivity contribution in [2.75, 3.05) is 5.32 Å². The van der Waals surface area contributed by atoms with Gasteiger partial charge in [-0.15, -0.1) is 0 Å². The second-order valence-electron chi connectivity index (χ2n) is 4.27. The molecule has 4 heteroatoms. The van der Waals surface area contributed by atoms with E-state index < -0.39 is 5.92 Å². The number of halogens is 1. The molecule has 0 saturated heterocycles. The molecule has 0 aliphatic heterocycles. The largest absolute Gasteiger partial charge is 0.323 e. The van der Waals surface area contributed by atoms with Crippen LogP contribution in [0.2, 0.25) is 5.02 Å². The highest BCUT2D eigenvalue weighted by Crippen LogP contribution is 2.26. The van der Waals surface area contributed by atoms with Crippen LogP contribution < -0.4 is 5.32 Å². The number of amides is 1. The van der Waals surface area contributed by atoms with Crippen LogP contribution in [-0.4, -0.2) is 5.91 Å². The molecule has 0 aromatic heterocycles. The molecule has 0 aliphatic rings. The Hall–Kier alpha value is -1.53. The molecule has 1 N–H and O–H groups in total. The minimum absolute atomic E-state index is 0.0252. The van der Waals surface area contributed by atoms with E-state index in [4.69, 9.17) is 16.9 Å². The molecule has 1 rings (SSSR count). The highest BCUT2D eigenvalue weighted by molar-refractivity contribution is 6.34. The number of hydrogen-bond acceptors (Lipinski definition) is 2. The van der Waals surface area contributed by atoms with Gasteiger partial charge in [0.15, 0.2) is 0 Å². The molecule has 0 bridgehead atoms. The first-order valence-electron chi connectivity index (χ1n) is 5.43. The normalized spacial score (nSPS) is 12.0. The van der Waals surface area contributed by atoms with Crippen LogP contribution in [0.5, 0.6) is 0 Å². The Kier molecular flexibility index (Phi) is 4.53. The topological polar surface area (TPSA) is 52.9 Å². The van der Waals surface area contributed by atoms with Gasteiger partial charge < -0.3 is 5.32 Å². The van der Waals surface area contributed by atoms with Crippen molar-refractivity contribution >= 4 is 23.2 Å². The van der Waals surface area contributed by atoms with Gasteiger partial charge in [-0.1, -0.05) is 37.6 Å². The van der Waals surface area contributed by atoms with E-state index in [9.17, 15) is 4.79 Å². The Balaban J connectivity index is 2.92. The molecule has 3 nitrogen and oxygen atoms in total. The fourth-order valence-electron chi connectivity index (χ4n) is 1.50. The Labute approximate surface area is 106 Å². The third-order valence-electron chi connectivity index (χ3n) is 2.56. The predicted molar refractivity (Wildman–Crippen MR) is 68.8 cm³/mol. The summed E-state index contributed by atoms with van der Waals surface area (Å²) in [5, 5.41) is 12.1. The van der Waals surface area contributed by atoms with Crippen molar-refractivity contribution in [3.05, 3.63) is 28.8 Å². The molecule has 0 aliphatic carbocycles. The lowest BCUT2D eigenvalue weighted by Gasteiger charge is -2.15. The first-order valence-corrected chi connectivity index (χ1v) is 5.80. The smallest absolute Gasteiger partial charge is 0.242 e. The van der Waals surface area contributed by atoms with Crippen molar-refractivity contribution in [2.45, 2.75) is 20.8 Å². The van der Waals surface area contributed by atoms with E-state index in [0.717, 1.165) is 5.56 Å². The molecule has 0 saturated carbocycles. The summed E-state index contributed by atoms with van der Waals surface area (Å²) in [4.78, 5) is 11.9. The number of nitriles is 1. The molecule has 17 heavy (non-hydrogen) atoms. The lowest BCUT2D eigenvalue weighted by molar-refractivity contribution is -0.119. The molecular weight excluding hydrogens is 236 g/mol. The zero-order chi connectivity index (χ0) is 13.0. The maximum Gasteiger partial charge on any atom is 0.242 e. The Morgan fingerprint density at radius 3 is 2.59 bits per heavy atom. The van der Waals surface area contributed by atoms with Crippen molar-refractivity contribution in [1.29, 1.82) is 5.26 Å². The van der Waals surface area contributed by atoms with Crippen LogP contribution in [0.25, 0.3) is 0 Å². The summed E-state index contributed by atoms with van der Waals surface area (Å²) in [6, 6.07) is 7.39. The van der Waals surface area contributed by atoms with Gasteiger partial charge in [0.25, 0.3) is 0 Å². The average Bonchev–Trinajstić information content (AvgIpc) is 2.24. The summed E-state index contributed by atoms with van der Waals surface area (Å²) >= 11 is 6.00. The second-order valence-corrected chi connectivity index (χ2v) is 4.68. The summed E-state index contributed by atoms with van der Waals surface area (Å²) in [5.41, 5.74) is 1.46. The van der Waals surface area contributed by atoms with Crippen LogP contribution >= 0.6 is 11.6 Å². The average molecular weight is 251 g/mol. The number of para-hydroxylation sites is 1. The zero-order valence-corrected chi connectivity index (χ0v) is 10.9. The SMILES string of the molecule is Cc1cccc(Cl)c1NC(=O)C(C#N)C(C)C. The highest BCUT2D eigenvalue weighted by Gasteiger charge is 2.22. The maximum atomic E-state index is 11.9. The van der Waals surface area contributed by atoms with Gasteiger partial charge in [-0.3, -0.25) is 4.79 Å². The van der Waals surface area contributed by atoms with E-state index in [-0.39, 0.29) is 11.8 Å². The van der Waals surface area contributed by atoms with Crippen LogP contribution in [0.1, 0.15) is 19.4 Å². The lowest BCUT2D eigenvalue weighted by Crippen LogP contribution is -2.26. The van der Waals surface area contributed by atoms with E-state index in [0.29, 0.717) is 10.7 Å². The predicted octanol–water partition coefficient (Wildman–Crippen LogP) is 3.38. The van der Waals surface area contributed by atoms with Crippen LogP contribution in [-0.2, 0) is 4.79 Å². The van der Waals surface area contributed by atoms with E-state index in [1.807, 2.05) is 39.0 Å². The molecule has 90 valence electrons. The van der Waals surface area contributed by atoms with Crippen LogP contribution in [0.4, 0.5) is 5.69 Å². The molecule has 0 fully saturated rings. The van der Waals surface area contributed by atoms with Gasteiger partial charge in [-0.05, 0) is 24.5 Å². The number of nitrogens with one attached hydrogen (secondary N) is 1. The zero-order valence-electron chi connectivity index (χ0n) is 10.1. The van der Waals surface area contributed by atoms with Crippen LogP contribution in [0, 0.1) is 30.1 Å². The molecule has 1 aromatic carbocycles. The van der Waals surface area contributed by atoms with Crippen molar-refractivity contribution in [3.63, 3.8) is 0 Å². The molecule has 1 aromatic rings. The molecule has 1 unspecified atom stereocenters. The first kappa shape index (κ1) is 13.5. The van der Waals surface area contributed by atoms with Gasteiger partial charge in [0.2, 0.25) is 5.91 Å². The van der Waals surface area contributed by atoms with Crippen LogP contribution in [0.3, 0.4) is 0 Å².